The van der Waals surface area contributed by atoms with Gasteiger partial charge in [0.05, 0.1) is 11.0 Å². The molecule has 0 saturated heterocycles. The normalized spacial score (nSPS) is 10.5. The highest BCUT2D eigenvalue weighted by atomic mass is 28.3. The van der Waals surface area contributed by atoms with Crippen LogP contribution in [0.2, 0.25) is 19.6 Å². The third kappa shape index (κ3) is 3.83. The minimum absolute atomic E-state index is 0.264. The predicted molar refractivity (Wildman–Crippen MR) is 63.3 cm³/mol. The van der Waals surface area contributed by atoms with Crippen molar-refractivity contribution in [2.75, 3.05) is 0 Å². The van der Waals surface area contributed by atoms with Crippen LogP contribution in [0.25, 0.3) is 0 Å². The summed E-state index contributed by atoms with van der Waals surface area (Å²) in [4.78, 5) is 9.88. The number of benzene rings is 1. The summed E-state index contributed by atoms with van der Waals surface area (Å²) < 4.78 is 13.0. The fourth-order valence-electron chi connectivity index (χ4n) is 1.01. The van der Waals surface area contributed by atoms with Crippen LogP contribution in [-0.4, -0.2) is 13.0 Å². The Morgan fingerprint density at radius 3 is 2.44 bits per heavy atom. The quantitative estimate of drug-likeness (QED) is 0.326. The van der Waals surface area contributed by atoms with Crippen molar-refractivity contribution in [3.8, 4) is 11.5 Å². The molecule has 0 aliphatic rings. The second-order valence-corrected chi connectivity index (χ2v) is 9.21. The van der Waals surface area contributed by atoms with Gasteiger partial charge in [0.2, 0.25) is 0 Å². The molecular formula is C11H12FNO2Si. The highest BCUT2D eigenvalue weighted by Gasteiger charge is 2.10. The number of nitro groups is 1. The molecule has 0 aliphatic carbocycles. The zero-order chi connectivity index (χ0) is 12.3. The van der Waals surface area contributed by atoms with Crippen LogP contribution in [0.4, 0.5) is 10.1 Å². The molecule has 84 valence electrons. The Balaban J connectivity index is 3.14. The van der Waals surface area contributed by atoms with Crippen molar-refractivity contribution in [2.24, 2.45) is 0 Å². The molecule has 0 amide bonds. The van der Waals surface area contributed by atoms with E-state index in [0.29, 0.717) is 5.56 Å². The highest BCUT2D eigenvalue weighted by Crippen LogP contribution is 2.15. The average Bonchev–Trinajstić information content (AvgIpc) is 2.13. The van der Waals surface area contributed by atoms with Crippen molar-refractivity contribution in [1.82, 2.24) is 0 Å². The Morgan fingerprint density at radius 1 is 1.31 bits per heavy atom. The summed E-state index contributed by atoms with van der Waals surface area (Å²) in [6.07, 6.45) is 0. The number of hydrogen-bond donors (Lipinski definition) is 0. The lowest BCUT2D eigenvalue weighted by atomic mass is 10.2. The molecule has 1 rings (SSSR count). The van der Waals surface area contributed by atoms with Crippen LogP contribution in [0.5, 0.6) is 0 Å². The molecule has 0 aromatic heterocycles. The van der Waals surface area contributed by atoms with Gasteiger partial charge in [-0.25, -0.2) is 4.39 Å². The van der Waals surface area contributed by atoms with E-state index in [2.05, 4.69) is 11.5 Å². The average molecular weight is 237 g/mol. The summed E-state index contributed by atoms with van der Waals surface area (Å²) in [6.45, 7) is 6.15. The number of nitro benzene ring substituents is 1. The summed E-state index contributed by atoms with van der Waals surface area (Å²) in [7, 11) is -1.56. The van der Waals surface area contributed by atoms with Crippen LogP contribution in [0.1, 0.15) is 5.56 Å². The topological polar surface area (TPSA) is 43.1 Å². The fraction of sp³-hybridized carbons (Fsp3) is 0.273. The number of non-ortho nitro benzene ring substituents is 1. The number of nitrogens with zero attached hydrogens (tertiary/aromatic N) is 1. The lowest BCUT2D eigenvalue weighted by molar-refractivity contribution is -0.385. The smallest absolute Gasteiger partial charge is 0.258 e. The van der Waals surface area contributed by atoms with Crippen LogP contribution >= 0.6 is 0 Å². The van der Waals surface area contributed by atoms with E-state index in [1.54, 1.807) is 0 Å². The molecule has 1 aromatic rings. The maximum Gasteiger partial charge on any atom is 0.273 e. The molecular weight excluding hydrogens is 225 g/mol. The van der Waals surface area contributed by atoms with Crippen LogP contribution in [0, 0.1) is 27.4 Å². The number of halogens is 1. The standard InChI is InChI=1S/C11H12FNO2Si/c1-16(2,3)5-4-9-6-10(12)8-11(7-9)13(14)15/h6-8H,1-3H3. The Morgan fingerprint density at radius 2 is 1.94 bits per heavy atom. The first-order chi connectivity index (χ1) is 7.28. The molecule has 0 atom stereocenters. The maximum atomic E-state index is 13.0. The first kappa shape index (κ1) is 12.4. The van der Waals surface area contributed by atoms with Crippen LogP contribution < -0.4 is 0 Å². The van der Waals surface area contributed by atoms with E-state index >= 15 is 0 Å². The second kappa shape index (κ2) is 4.45. The van der Waals surface area contributed by atoms with Crippen molar-refractivity contribution in [3.63, 3.8) is 0 Å². The lowest BCUT2D eigenvalue weighted by Crippen LogP contribution is -2.16. The lowest BCUT2D eigenvalue weighted by Gasteiger charge is -2.03. The molecule has 0 bridgehead atoms. The summed E-state index contributed by atoms with van der Waals surface area (Å²) in [5.74, 6) is 2.16. The third-order valence-corrected chi connectivity index (χ3v) is 2.55. The highest BCUT2D eigenvalue weighted by molar-refractivity contribution is 6.83. The summed E-state index contributed by atoms with van der Waals surface area (Å²) in [6, 6.07) is 3.38. The number of rotatable bonds is 1. The van der Waals surface area contributed by atoms with E-state index in [9.17, 15) is 14.5 Å². The first-order valence-corrected chi connectivity index (χ1v) is 8.26. The van der Waals surface area contributed by atoms with Crippen LogP contribution in [0.3, 0.4) is 0 Å². The zero-order valence-corrected chi connectivity index (χ0v) is 10.4. The molecule has 0 radical (unpaired) electrons. The van der Waals surface area contributed by atoms with Crippen LogP contribution in [0.15, 0.2) is 18.2 Å². The van der Waals surface area contributed by atoms with Gasteiger partial charge in [0.15, 0.2) is 0 Å². The summed E-state index contributed by atoms with van der Waals surface area (Å²) >= 11 is 0. The first-order valence-electron chi connectivity index (χ1n) is 4.76. The van der Waals surface area contributed by atoms with Crippen molar-refractivity contribution >= 4 is 13.8 Å². The predicted octanol–water partition coefficient (Wildman–Crippen LogP) is 2.96. The summed E-state index contributed by atoms with van der Waals surface area (Å²) in [5, 5.41) is 10.5. The van der Waals surface area contributed by atoms with Crippen molar-refractivity contribution < 1.29 is 9.31 Å². The molecule has 0 unspecified atom stereocenters. The Kier molecular flexibility index (Phi) is 3.45. The van der Waals surface area contributed by atoms with E-state index in [1.807, 2.05) is 19.6 Å². The van der Waals surface area contributed by atoms with Gasteiger partial charge >= 0.3 is 0 Å². The van der Waals surface area contributed by atoms with Crippen LogP contribution in [-0.2, 0) is 0 Å². The molecule has 1 aromatic carbocycles. The van der Waals surface area contributed by atoms with Gasteiger partial charge in [0.25, 0.3) is 5.69 Å². The molecule has 0 aliphatic heterocycles. The number of hydrogen-bond acceptors (Lipinski definition) is 2. The third-order valence-electron chi connectivity index (χ3n) is 1.68. The Bertz CT molecular complexity index is 483. The SMILES string of the molecule is C[Si](C)(C)C#Cc1cc(F)cc([N+](=O)[O-])c1. The van der Waals surface area contributed by atoms with E-state index in [4.69, 9.17) is 0 Å². The van der Waals surface area contributed by atoms with Gasteiger partial charge in [0.1, 0.15) is 13.9 Å². The van der Waals surface area contributed by atoms with Gasteiger partial charge in [-0.2, -0.15) is 0 Å². The van der Waals surface area contributed by atoms with E-state index in [0.717, 1.165) is 6.07 Å². The molecule has 3 nitrogen and oxygen atoms in total. The molecule has 5 heteroatoms. The van der Waals surface area contributed by atoms with E-state index < -0.39 is 18.8 Å². The van der Waals surface area contributed by atoms with Gasteiger partial charge in [-0.15, -0.1) is 5.54 Å². The van der Waals surface area contributed by atoms with E-state index in [1.165, 1.54) is 12.1 Å². The molecule has 0 N–H and O–H groups in total. The minimum atomic E-state index is -1.56. The van der Waals surface area contributed by atoms with Crippen molar-refractivity contribution in [2.45, 2.75) is 19.6 Å². The van der Waals surface area contributed by atoms with Gasteiger partial charge < -0.3 is 0 Å². The van der Waals surface area contributed by atoms with Gasteiger partial charge in [-0.1, -0.05) is 25.6 Å². The zero-order valence-electron chi connectivity index (χ0n) is 9.37. The molecule has 0 heterocycles. The van der Waals surface area contributed by atoms with Gasteiger partial charge in [0, 0.05) is 11.6 Å². The maximum absolute atomic E-state index is 13.0. The summed E-state index contributed by atoms with van der Waals surface area (Å²) in [5.41, 5.74) is 3.12. The second-order valence-electron chi connectivity index (χ2n) is 4.46. The largest absolute Gasteiger partial charge is 0.273 e. The van der Waals surface area contributed by atoms with E-state index in [-0.39, 0.29) is 5.69 Å². The Hall–Kier alpha value is -1.67. The fourth-order valence-corrected chi connectivity index (χ4v) is 1.53. The monoisotopic (exact) mass is 237 g/mol. The molecule has 0 saturated carbocycles. The molecule has 0 fully saturated rings. The van der Waals surface area contributed by atoms with Crippen molar-refractivity contribution in [1.29, 1.82) is 0 Å². The van der Waals surface area contributed by atoms with Gasteiger partial charge in [-0.3, -0.25) is 10.1 Å². The molecule has 0 spiro atoms. The minimum Gasteiger partial charge on any atom is -0.258 e. The Labute approximate surface area is 94.5 Å². The molecule has 16 heavy (non-hydrogen) atoms. The van der Waals surface area contributed by atoms with Crippen molar-refractivity contribution in [3.05, 3.63) is 39.7 Å². The van der Waals surface area contributed by atoms with Gasteiger partial charge in [-0.05, 0) is 6.07 Å².